The van der Waals surface area contributed by atoms with Crippen molar-refractivity contribution in [1.29, 1.82) is 0 Å². The Labute approximate surface area is 184 Å². The van der Waals surface area contributed by atoms with Crippen molar-refractivity contribution in [2.75, 3.05) is 13.2 Å². The number of aliphatic hydroxyl groups excluding tert-OH is 5. The standard InChI is InChI=1S/C23H26ClNO6/c24-16-5-6-17-15(9-14-3-1-13(2-4-14)7-8-26)11-25(18(17)10-16)23-22(30)21(29)20(28)19(12-27)31-23/h1-6,10-11,19-23,26-30H,7-9,12H2/t19-,20-,21+,22-,23-/m1/s1. The second kappa shape index (κ2) is 9.26. The van der Waals surface area contributed by atoms with Gasteiger partial charge in [-0.25, -0.2) is 0 Å². The van der Waals surface area contributed by atoms with E-state index in [-0.39, 0.29) is 6.61 Å². The van der Waals surface area contributed by atoms with E-state index in [0.29, 0.717) is 23.4 Å². The number of nitrogens with zero attached hydrogens (tertiary/aromatic N) is 1. The van der Waals surface area contributed by atoms with Crippen LogP contribution in [0, 0.1) is 0 Å². The van der Waals surface area contributed by atoms with Crippen LogP contribution in [0.25, 0.3) is 10.9 Å². The van der Waals surface area contributed by atoms with Crippen LogP contribution in [-0.2, 0) is 17.6 Å². The summed E-state index contributed by atoms with van der Waals surface area (Å²) in [4.78, 5) is 0. The zero-order chi connectivity index (χ0) is 22.1. The largest absolute Gasteiger partial charge is 0.396 e. The topological polar surface area (TPSA) is 115 Å². The number of rotatable bonds is 6. The zero-order valence-electron chi connectivity index (χ0n) is 16.8. The first-order valence-electron chi connectivity index (χ1n) is 10.2. The number of fused-ring (bicyclic) bond motifs is 1. The molecule has 0 unspecified atom stereocenters. The molecular weight excluding hydrogens is 422 g/mol. The Bertz CT molecular complexity index is 1030. The zero-order valence-corrected chi connectivity index (χ0v) is 17.6. The Kier molecular flexibility index (Phi) is 6.64. The maximum absolute atomic E-state index is 10.6. The summed E-state index contributed by atoms with van der Waals surface area (Å²) in [6.07, 6.45) is -3.21. The minimum Gasteiger partial charge on any atom is -0.396 e. The quantitative estimate of drug-likeness (QED) is 0.390. The van der Waals surface area contributed by atoms with E-state index in [4.69, 9.17) is 21.4 Å². The molecule has 0 amide bonds. The van der Waals surface area contributed by atoms with Gasteiger partial charge in [-0.05, 0) is 41.7 Å². The molecule has 0 aliphatic carbocycles. The van der Waals surface area contributed by atoms with Crippen LogP contribution < -0.4 is 0 Å². The predicted molar refractivity (Wildman–Crippen MR) is 116 cm³/mol. The van der Waals surface area contributed by atoms with Gasteiger partial charge in [-0.15, -0.1) is 0 Å². The van der Waals surface area contributed by atoms with Gasteiger partial charge < -0.3 is 34.8 Å². The summed E-state index contributed by atoms with van der Waals surface area (Å²) in [7, 11) is 0. The molecule has 1 saturated heterocycles. The van der Waals surface area contributed by atoms with Crippen molar-refractivity contribution in [3.8, 4) is 0 Å². The number of halogens is 1. The fourth-order valence-electron chi connectivity index (χ4n) is 4.13. The Morgan fingerprint density at radius 1 is 0.903 bits per heavy atom. The van der Waals surface area contributed by atoms with Gasteiger partial charge >= 0.3 is 0 Å². The molecule has 2 heterocycles. The predicted octanol–water partition coefficient (Wildman–Crippen LogP) is 1.39. The molecule has 0 saturated carbocycles. The minimum atomic E-state index is -1.46. The molecule has 31 heavy (non-hydrogen) atoms. The third-order valence-corrected chi connectivity index (χ3v) is 6.07. The smallest absolute Gasteiger partial charge is 0.163 e. The Balaban J connectivity index is 1.72. The fraction of sp³-hybridized carbons (Fsp3) is 0.391. The summed E-state index contributed by atoms with van der Waals surface area (Å²) in [5, 5.41) is 51.0. The van der Waals surface area contributed by atoms with Crippen molar-refractivity contribution in [3.63, 3.8) is 0 Å². The van der Waals surface area contributed by atoms with Crippen molar-refractivity contribution >= 4 is 22.5 Å². The summed E-state index contributed by atoms with van der Waals surface area (Å²) in [6, 6.07) is 13.4. The van der Waals surface area contributed by atoms with E-state index in [2.05, 4.69) is 0 Å². The number of hydrogen-bond acceptors (Lipinski definition) is 6. The lowest BCUT2D eigenvalue weighted by atomic mass is 9.98. The number of aromatic nitrogens is 1. The molecule has 8 heteroatoms. The lowest BCUT2D eigenvalue weighted by Crippen LogP contribution is -2.56. The summed E-state index contributed by atoms with van der Waals surface area (Å²) >= 11 is 6.22. The van der Waals surface area contributed by atoms with Gasteiger partial charge in [0.1, 0.15) is 24.4 Å². The summed E-state index contributed by atoms with van der Waals surface area (Å²) in [5.74, 6) is 0. The maximum Gasteiger partial charge on any atom is 0.163 e. The van der Waals surface area contributed by atoms with Gasteiger partial charge in [0.15, 0.2) is 6.23 Å². The monoisotopic (exact) mass is 447 g/mol. The second-order valence-electron chi connectivity index (χ2n) is 7.91. The van der Waals surface area contributed by atoms with Crippen LogP contribution in [0.1, 0.15) is 22.9 Å². The lowest BCUT2D eigenvalue weighted by Gasteiger charge is -2.40. The molecule has 166 valence electrons. The van der Waals surface area contributed by atoms with E-state index < -0.39 is 37.3 Å². The van der Waals surface area contributed by atoms with Crippen molar-refractivity contribution in [3.05, 3.63) is 70.4 Å². The third-order valence-electron chi connectivity index (χ3n) is 5.84. The molecule has 5 N–H and O–H groups in total. The number of ether oxygens (including phenoxy) is 1. The van der Waals surface area contributed by atoms with Gasteiger partial charge in [-0.3, -0.25) is 0 Å². The molecule has 2 aromatic carbocycles. The molecule has 1 aliphatic heterocycles. The molecule has 0 spiro atoms. The molecule has 1 aromatic heterocycles. The molecule has 5 atom stereocenters. The first kappa shape index (κ1) is 22.2. The summed E-state index contributed by atoms with van der Waals surface area (Å²) in [6.45, 7) is -0.388. The van der Waals surface area contributed by atoms with Gasteiger partial charge in [0.05, 0.1) is 12.1 Å². The molecule has 7 nitrogen and oxygen atoms in total. The van der Waals surface area contributed by atoms with Gasteiger partial charge in [-0.1, -0.05) is 41.9 Å². The lowest BCUT2D eigenvalue weighted by molar-refractivity contribution is -0.250. The van der Waals surface area contributed by atoms with Gasteiger partial charge in [0.25, 0.3) is 0 Å². The number of hydrogen-bond donors (Lipinski definition) is 5. The van der Waals surface area contributed by atoms with E-state index in [1.54, 1.807) is 16.7 Å². The normalized spacial score (nSPS) is 26.5. The molecule has 3 aromatic rings. The van der Waals surface area contributed by atoms with Gasteiger partial charge in [0.2, 0.25) is 0 Å². The highest BCUT2D eigenvalue weighted by atomic mass is 35.5. The van der Waals surface area contributed by atoms with E-state index in [0.717, 1.165) is 22.1 Å². The third kappa shape index (κ3) is 4.36. The highest BCUT2D eigenvalue weighted by Gasteiger charge is 2.44. The van der Waals surface area contributed by atoms with Crippen LogP contribution in [0.4, 0.5) is 0 Å². The summed E-state index contributed by atoms with van der Waals surface area (Å²) in [5.41, 5.74) is 3.81. The Morgan fingerprint density at radius 3 is 2.29 bits per heavy atom. The van der Waals surface area contributed by atoms with E-state index >= 15 is 0 Å². The summed E-state index contributed by atoms with van der Waals surface area (Å²) < 4.78 is 7.45. The van der Waals surface area contributed by atoms with Crippen LogP contribution >= 0.6 is 11.6 Å². The second-order valence-corrected chi connectivity index (χ2v) is 8.35. The average molecular weight is 448 g/mol. The molecule has 1 aliphatic rings. The van der Waals surface area contributed by atoms with E-state index in [9.17, 15) is 20.4 Å². The first-order valence-corrected chi connectivity index (χ1v) is 10.6. The fourth-order valence-corrected chi connectivity index (χ4v) is 4.30. The molecule has 1 fully saturated rings. The number of benzene rings is 2. The minimum absolute atomic E-state index is 0.104. The highest BCUT2D eigenvalue weighted by Crippen LogP contribution is 2.35. The van der Waals surface area contributed by atoms with Crippen molar-refractivity contribution < 1.29 is 30.3 Å². The molecule has 4 rings (SSSR count). The van der Waals surface area contributed by atoms with Crippen molar-refractivity contribution in [2.45, 2.75) is 43.5 Å². The highest BCUT2D eigenvalue weighted by molar-refractivity contribution is 6.31. The van der Waals surface area contributed by atoms with Crippen molar-refractivity contribution in [1.82, 2.24) is 4.57 Å². The van der Waals surface area contributed by atoms with E-state index in [1.165, 1.54) is 0 Å². The van der Waals surface area contributed by atoms with Crippen LogP contribution in [0.2, 0.25) is 5.02 Å². The molecular formula is C23H26ClNO6. The van der Waals surface area contributed by atoms with Crippen molar-refractivity contribution in [2.24, 2.45) is 0 Å². The Hall–Kier alpha value is -1.97. The average Bonchev–Trinajstić information content (AvgIpc) is 3.11. The SMILES string of the molecule is OCCc1ccc(Cc2cn([C@@H]3O[C@H](CO)[C@@H](O)[C@H](O)[C@H]3O)c3cc(Cl)ccc23)cc1. The van der Waals surface area contributed by atoms with Gasteiger partial charge in [0, 0.05) is 23.2 Å². The van der Waals surface area contributed by atoms with Crippen LogP contribution in [0.5, 0.6) is 0 Å². The van der Waals surface area contributed by atoms with E-state index in [1.807, 2.05) is 36.5 Å². The van der Waals surface area contributed by atoms with Crippen LogP contribution in [0.3, 0.4) is 0 Å². The molecule has 0 bridgehead atoms. The number of aliphatic hydroxyl groups is 5. The van der Waals surface area contributed by atoms with Crippen LogP contribution in [0.15, 0.2) is 48.7 Å². The van der Waals surface area contributed by atoms with Crippen LogP contribution in [-0.4, -0.2) is 67.7 Å². The maximum atomic E-state index is 10.6. The Morgan fingerprint density at radius 2 is 1.61 bits per heavy atom. The van der Waals surface area contributed by atoms with Gasteiger partial charge in [-0.2, -0.15) is 0 Å². The first-order chi connectivity index (χ1) is 14.9. The molecule has 0 radical (unpaired) electrons.